The number of hydrogen-bond donors (Lipinski definition) is 4. The summed E-state index contributed by atoms with van der Waals surface area (Å²) in [4.78, 5) is 21.2. The molecule has 0 aliphatic carbocycles. The lowest BCUT2D eigenvalue weighted by Crippen LogP contribution is -2.36. The summed E-state index contributed by atoms with van der Waals surface area (Å²) in [5.74, 6) is 0.318. The first-order chi connectivity index (χ1) is 19.0. The summed E-state index contributed by atoms with van der Waals surface area (Å²) in [7, 11) is 0. The highest BCUT2D eigenvalue weighted by molar-refractivity contribution is 5.78. The number of guanidine groups is 1. The molecule has 8 heteroatoms. The number of amides is 1. The van der Waals surface area contributed by atoms with Crippen LogP contribution in [0.3, 0.4) is 0 Å². The Morgan fingerprint density at radius 3 is 2.21 bits per heavy atom. The summed E-state index contributed by atoms with van der Waals surface area (Å²) in [6.45, 7) is 0.493. The van der Waals surface area contributed by atoms with Crippen molar-refractivity contribution in [3.63, 3.8) is 0 Å². The van der Waals surface area contributed by atoms with Gasteiger partial charge in [0.05, 0.1) is 19.1 Å². The number of hydrogen-bond acceptors (Lipinski definition) is 5. The molecule has 1 amide bonds. The summed E-state index contributed by atoms with van der Waals surface area (Å²) in [6, 6.07) is 29.5. The van der Waals surface area contributed by atoms with Crippen LogP contribution in [0.4, 0.5) is 0 Å². The number of ether oxygens (including phenoxy) is 1. The van der Waals surface area contributed by atoms with Crippen LogP contribution in [-0.2, 0) is 24.1 Å². The molecule has 39 heavy (non-hydrogen) atoms. The van der Waals surface area contributed by atoms with Crippen LogP contribution in [0.15, 0.2) is 91.0 Å². The molecule has 0 aliphatic rings. The number of aryl methyl sites for hydroxylation is 2. The van der Waals surface area contributed by atoms with Gasteiger partial charge < -0.3 is 21.5 Å². The van der Waals surface area contributed by atoms with Gasteiger partial charge in [0.2, 0.25) is 11.8 Å². The Morgan fingerprint density at radius 2 is 1.54 bits per heavy atom. The van der Waals surface area contributed by atoms with Gasteiger partial charge in [-0.3, -0.25) is 10.2 Å². The molecule has 3 aromatic carbocycles. The molecule has 0 fully saturated rings. The normalized spacial score (nSPS) is 11.5. The van der Waals surface area contributed by atoms with Crippen LogP contribution < -0.4 is 21.5 Å². The molecular formula is C31H34N6O2. The Hall–Kier alpha value is -4.72. The van der Waals surface area contributed by atoms with E-state index in [1.807, 2.05) is 54.6 Å². The van der Waals surface area contributed by atoms with E-state index in [1.54, 1.807) is 0 Å². The van der Waals surface area contributed by atoms with E-state index >= 15 is 0 Å². The number of benzene rings is 3. The number of carbonyl (C=O) groups excluding carboxylic acids is 1. The van der Waals surface area contributed by atoms with Crippen LogP contribution in [-0.4, -0.2) is 28.4 Å². The highest BCUT2D eigenvalue weighted by Gasteiger charge is 2.17. The van der Waals surface area contributed by atoms with Crippen molar-refractivity contribution in [1.29, 1.82) is 5.41 Å². The second kappa shape index (κ2) is 13.7. The average molecular weight is 523 g/mol. The van der Waals surface area contributed by atoms with Crippen molar-refractivity contribution in [2.24, 2.45) is 11.5 Å². The third kappa shape index (κ3) is 8.67. The van der Waals surface area contributed by atoms with Crippen LogP contribution in [0, 0.1) is 5.41 Å². The van der Waals surface area contributed by atoms with Crippen LogP contribution in [0.5, 0.6) is 5.88 Å². The van der Waals surface area contributed by atoms with Crippen molar-refractivity contribution in [1.82, 2.24) is 15.3 Å². The topological polar surface area (TPSA) is 140 Å². The minimum atomic E-state index is -0.532. The zero-order valence-corrected chi connectivity index (χ0v) is 21.8. The van der Waals surface area contributed by atoms with Crippen LogP contribution in [0.2, 0.25) is 0 Å². The number of nitrogens with zero attached hydrogens (tertiary/aromatic N) is 2. The molecule has 0 aliphatic heterocycles. The van der Waals surface area contributed by atoms with Crippen molar-refractivity contribution in [3.05, 3.63) is 113 Å². The number of nitrogens with two attached hydrogens (primary N) is 2. The van der Waals surface area contributed by atoms with E-state index < -0.39 is 11.9 Å². The molecule has 8 nitrogen and oxygen atoms in total. The first-order valence-corrected chi connectivity index (χ1v) is 13.0. The Bertz CT molecular complexity index is 1300. The molecular weight excluding hydrogens is 488 g/mol. The van der Waals surface area contributed by atoms with Gasteiger partial charge in [-0.15, -0.1) is 0 Å². The van der Waals surface area contributed by atoms with Gasteiger partial charge in [-0.2, -0.15) is 4.98 Å². The lowest BCUT2D eigenvalue weighted by Gasteiger charge is -2.18. The molecule has 0 bridgehead atoms. The van der Waals surface area contributed by atoms with Gasteiger partial charge >= 0.3 is 0 Å². The number of aromatic nitrogens is 2. The largest absolute Gasteiger partial charge is 0.477 e. The Kier molecular flexibility index (Phi) is 9.61. The van der Waals surface area contributed by atoms with Gasteiger partial charge in [-0.05, 0) is 42.0 Å². The molecule has 0 radical (unpaired) electrons. The van der Waals surface area contributed by atoms with Crippen LogP contribution in [0.25, 0.3) is 11.4 Å². The van der Waals surface area contributed by atoms with Gasteiger partial charge in [0, 0.05) is 23.7 Å². The minimum Gasteiger partial charge on any atom is -0.477 e. The minimum absolute atomic E-state index is 0.00272. The number of primary amides is 1. The molecule has 1 atom stereocenters. The van der Waals surface area contributed by atoms with Gasteiger partial charge in [-0.1, -0.05) is 78.9 Å². The molecule has 0 spiro atoms. The summed E-state index contributed by atoms with van der Waals surface area (Å²) < 4.78 is 6.09. The van der Waals surface area contributed by atoms with E-state index in [0.717, 1.165) is 42.5 Å². The summed E-state index contributed by atoms with van der Waals surface area (Å²) in [5, 5.41) is 10.4. The fourth-order valence-electron chi connectivity index (χ4n) is 4.38. The smallest absolute Gasteiger partial charge is 0.219 e. The summed E-state index contributed by atoms with van der Waals surface area (Å²) >= 11 is 0. The Morgan fingerprint density at radius 1 is 0.846 bits per heavy atom. The number of carbonyl (C=O) groups is 1. The Labute approximate surface area is 229 Å². The zero-order chi connectivity index (χ0) is 27.5. The van der Waals surface area contributed by atoms with Gasteiger partial charge in [0.15, 0.2) is 11.8 Å². The van der Waals surface area contributed by atoms with E-state index in [2.05, 4.69) is 41.7 Å². The average Bonchev–Trinajstić information content (AvgIpc) is 2.93. The lowest BCUT2D eigenvalue weighted by atomic mass is 10.0. The highest BCUT2D eigenvalue weighted by Crippen LogP contribution is 2.25. The maximum Gasteiger partial charge on any atom is 0.219 e. The van der Waals surface area contributed by atoms with Crippen molar-refractivity contribution in [2.45, 2.75) is 38.1 Å². The maximum absolute atomic E-state index is 11.6. The molecule has 200 valence electrons. The van der Waals surface area contributed by atoms with E-state index in [0.29, 0.717) is 18.3 Å². The maximum atomic E-state index is 11.6. The lowest BCUT2D eigenvalue weighted by molar-refractivity contribution is -0.118. The third-order valence-corrected chi connectivity index (χ3v) is 6.26. The fourth-order valence-corrected chi connectivity index (χ4v) is 4.38. The summed E-state index contributed by atoms with van der Waals surface area (Å²) in [5.41, 5.74) is 15.9. The number of nitrogens with one attached hydrogen (secondary N) is 2. The van der Waals surface area contributed by atoms with Crippen molar-refractivity contribution >= 4 is 11.9 Å². The summed E-state index contributed by atoms with van der Waals surface area (Å²) in [6.07, 6.45) is 3.43. The predicted octanol–water partition coefficient (Wildman–Crippen LogP) is 4.34. The second-order valence-electron chi connectivity index (χ2n) is 9.35. The van der Waals surface area contributed by atoms with E-state index in [1.165, 1.54) is 11.1 Å². The SMILES string of the molecule is N=C(N)NC(CC(N)=O)c1cccc(-c2nc(CCCc3ccccc3)cc(OCCc3ccccc3)n2)c1. The fraction of sp³-hybridized carbons (Fsp3) is 0.226. The first kappa shape index (κ1) is 27.3. The van der Waals surface area contributed by atoms with Crippen molar-refractivity contribution in [2.75, 3.05) is 6.61 Å². The zero-order valence-electron chi connectivity index (χ0n) is 21.8. The van der Waals surface area contributed by atoms with Gasteiger partial charge in [0.1, 0.15) is 0 Å². The van der Waals surface area contributed by atoms with Crippen molar-refractivity contribution in [3.8, 4) is 17.3 Å². The van der Waals surface area contributed by atoms with Crippen LogP contribution in [0.1, 0.15) is 41.3 Å². The molecule has 4 rings (SSSR count). The van der Waals surface area contributed by atoms with E-state index in [9.17, 15) is 4.79 Å². The second-order valence-corrected chi connectivity index (χ2v) is 9.35. The standard InChI is InChI=1S/C31H34N6O2/c32-28(38)21-27(36-31(33)34)24-14-8-15-25(19-24)30-35-26(16-7-13-22-9-3-1-4-10-22)20-29(37-30)39-18-17-23-11-5-2-6-12-23/h1-6,8-12,14-15,19-20,27H,7,13,16-18,21H2,(H2,32,38)(H4,33,34,36). The number of rotatable bonds is 13. The van der Waals surface area contributed by atoms with Crippen LogP contribution >= 0.6 is 0 Å². The Balaban J connectivity index is 1.57. The molecule has 0 saturated heterocycles. The molecule has 1 heterocycles. The monoisotopic (exact) mass is 522 g/mol. The van der Waals surface area contributed by atoms with E-state index in [-0.39, 0.29) is 12.4 Å². The van der Waals surface area contributed by atoms with Gasteiger partial charge in [0.25, 0.3) is 0 Å². The highest BCUT2D eigenvalue weighted by atomic mass is 16.5. The molecule has 4 aromatic rings. The predicted molar refractivity (Wildman–Crippen MR) is 153 cm³/mol. The quantitative estimate of drug-likeness (QED) is 0.152. The molecule has 1 aromatic heterocycles. The van der Waals surface area contributed by atoms with Crippen molar-refractivity contribution < 1.29 is 9.53 Å². The third-order valence-electron chi connectivity index (χ3n) is 6.26. The molecule has 0 saturated carbocycles. The van der Waals surface area contributed by atoms with Gasteiger partial charge in [-0.25, -0.2) is 4.98 Å². The molecule has 6 N–H and O–H groups in total. The first-order valence-electron chi connectivity index (χ1n) is 13.0. The molecule has 1 unspecified atom stereocenters. The van der Waals surface area contributed by atoms with E-state index in [4.69, 9.17) is 31.6 Å².